The summed E-state index contributed by atoms with van der Waals surface area (Å²) in [5, 5.41) is 10.9. The van der Waals surface area contributed by atoms with Crippen molar-refractivity contribution in [1.82, 2.24) is 19.1 Å². The quantitative estimate of drug-likeness (QED) is 0.720. The van der Waals surface area contributed by atoms with E-state index in [9.17, 15) is 13.2 Å². The second-order valence-corrected chi connectivity index (χ2v) is 9.64. The summed E-state index contributed by atoms with van der Waals surface area (Å²) < 4.78 is 27.4. The summed E-state index contributed by atoms with van der Waals surface area (Å²) in [6, 6.07) is 6.38. The molecule has 0 saturated carbocycles. The van der Waals surface area contributed by atoms with Gasteiger partial charge in [-0.1, -0.05) is 17.8 Å². The Morgan fingerprint density at radius 2 is 1.96 bits per heavy atom. The largest absolute Gasteiger partial charge is 0.325 e. The van der Waals surface area contributed by atoms with E-state index in [0.29, 0.717) is 10.8 Å². The van der Waals surface area contributed by atoms with Crippen molar-refractivity contribution in [3.8, 4) is 0 Å². The van der Waals surface area contributed by atoms with Crippen LogP contribution in [0.5, 0.6) is 0 Å². The number of hydrogen-bond donors (Lipinski definition) is 1. The van der Waals surface area contributed by atoms with E-state index in [1.807, 2.05) is 18.4 Å². The average molecular weight is 398 g/mol. The molecular formula is C16H23N5O3S2. The summed E-state index contributed by atoms with van der Waals surface area (Å²) >= 11 is 1.30. The lowest BCUT2D eigenvalue weighted by atomic mass is 10.3. The van der Waals surface area contributed by atoms with E-state index < -0.39 is 15.3 Å². The lowest BCUT2D eigenvalue weighted by molar-refractivity contribution is -0.115. The number of nitrogens with zero attached hydrogens (tertiary/aromatic N) is 4. The minimum Gasteiger partial charge on any atom is -0.325 e. The van der Waals surface area contributed by atoms with E-state index in [4.69, 9.17) is 0 Å². The Balaban J connectivity index is 2.11. The van der Waals surface area contributed by atoms with Crippen molar-refractivity contribution in [3.63, 3.8) is 0 Å². The number of thioether (sulfide) groups is 1. The van der Waals surface area contributed by atoms with Crippen LogP contribution in [0.4, 0.5) is 5.69 Å². The molecule has 2 rings (SSSR count). The first-order valence-electron chi connectivity index (χ1n) is 8.02. The zero-order valence-electron chi connectivity index (χ0n) is 15.4. The van der Waals surface area contributed by atoms with Gasteiger partial charge in [0.2, 0.25) is 15.9 Å². The van der Waals surface area contributed by atoms with E-state index in [0.717, 1.165) is 4.31 Å². The third kappa shape index (κ3) is 4.63. The highest BCUT2D eigenvalue weighted by atomic mass is 32.2. The van der Waals surface area contributed by atoms with Crippen LogP contribution in [-0.2, 0) is 14.8 Å². The summed E-state index contributed by atoms with van der Waals surface area (Å²) in [6.07, 6.45) is 1.63. The molecule has 1 atom stereocenters. The van der Waals surface area contributed by atoms with Crippen molar-refractivity contribution in [2.45, 2.75) is 42.1 Å². The van der Waals surface area contributed by atoms with Crippen LogP contribution in [0.1, 0.15) is 26.8 Å². The summed E-state index contributed by atoms with van der Waals surface area (Å²) in [5.74, 6) is -0.243. The normalized spacial score (nSPS) is 13.2. The minimum atomic E-state index is -3.56. The van der Waals surface area contributed by atoms with Crippen molar-refractivity contribution in [2.24, 2.45) is 0 Å². The highest BCUT2D eigenvalue weighted by Crippen LogP contribution is 2.25. The lowest BCUT2D eigenvalue weighted by Gasteiger charge is -2.15. The van der Waals surface area contributed by atoms with Gasteiger partial charge in [-0.3, -0.25) is 4.79 Å². The van der Waals surface area contributed by atoms with E-state index in [2.05, 4.69) is 15.5 Å². The Hall–Kier alpha value is -1.91. The maximum Gasteiger partial charge on any atom is 0.242 e. The standard InChI is InChI=1S/C16H23N5O3S2/c1-11(2)21-10-17-19-16(21)25-12(3)15(22)18-13-7-6-8-14(9-13)26(23,24)20(4)5/h6-12H,1-5H3,(H,18,22)/t12-/m0/s1. The van der Waals surface area contributed by atoms with Gasteiger partial charge in [-0.2, -0.15) is 0 Å². The molecule has 0 bridgehead atoms. The lowest BCUT2D eigenvalue weighted by Crippen LogP contribution is -2.24. The molecule has 0 fully saturated rings. The Morgan fingerprint density at radius 3 is 2.58 bits per heavy atom. The molecule has 8 nitrogen and oxygen atoms in total. The zero-order valence-corrected chi connectivity index (χ0v) is 17.0. The summed E-state index contributed by atoms with van der Waals surface area (Å²) in [6.45, 7) is 5.78. The van der Waals surface area contributed by atoms with E-state index >= 15 is 0 Å². The van der Waals surface area contributed by atoms with Gasteiger partial charge in [0.1, 0.15) is 6.33 Å². The van der Waals surface area contributed by atoms with Crippen molar-refractivity contribution in [2.75, 3.05) is 19.4 Å². The molecule has 1 aromatic carbocycles. The molecule has 0 spiro atoms. The predicted octanol–water partition coefficient (Wildman–Crippen LogP) is 2.23. The number of nitrogens with one attached hydrogen (secondary N) is 1. The van der Waals surface area contributed by atoms with Gasteiger partial charge >= 0.3 is 0 Å². The summed E-state index contributed by atoms with van der Waals surface area (Å²) in [5.41, 5.74) is 0.427. The van der Waals surface area contributed by atoms with Crippen LogP contribution in [0.3, 0.4) is 0 Å². The maximum atomic E-state index is 12.5. The fourth-order valence-electron chi connectivity index (χ4n) is 2.07. The number of carbonyl (C=O) groups excluding carboxylic acids is 1. The molecule has 0 aliphatic carbocycles. The molecule has 0 aliphatic heterocycles. The molecule has 0 unspecified atom stereocenters. The van der Waals surface area contributed by atoms with Crippen molar-refractivity contribution >= 4 is 33.4 Å². The summed E-state index contributed by atoms with van der Waals surface area (Å²) in [4.78, 5) is 12.6. The molecule has 1 amide bonds. The molecule has 1 aromatic heterocycles. The van der Waals surface area contributed by atoms with Crippen LogP contribution in [0.15, 0.2) is 40.6 Å². The summed E-state index contributed by atoms with van der Waals surface area (Å²) in [7, 11) is -0.631. The number of anilines is 1. The van der Waals surface area contributed by atoms with Gasteiger partial charge in [-0.25, -0.2) is 12.7 Å². The molecule has 26 heavy (non-hydrogen) atoms. The van der Waals surface area contributed by atoms with Crippen LogP contribution in [0, 0.1) is 0 Å². The fraction of sp³-hybridized carbons (Fsp3) is 0.438. The number of rotatable bonds is 7. The van der Waals surface area contributed by atoms with Crippen molar-refractivity contribution < 1.29 is 13.2 Å². The topological polar surface area (TPSA) is 97.2 Å². The number of carbonyl (C=O) groups is 1. The monoisotopic (exact) mass is 397 g/mol. The molecule has 1 heterocycles. The zero-order chi connectivity index (χ0) is 19.5. The van der Waals surface area contributed by atoms with Crippen LogP contribution in [-0.4, -0.2) is 52.7 Å². The average Bonchev–Trinajstić information content (AvgIpc) is 3.03. The molecule has 0 aliphatic rings. The molecule has 142 valence electrons. The molecule has 1 N–H and O–H groups in total. The van der Waals surface area contributed by atoms with Crippen LogP contribution in [0.2, 0.25) is 0 Å². The number of aromatic nitrogens is 3. The smallest absolute Gasteiger partial charge is 0.242 e. The first-order chi connectivity index (χ1) is 12.1. The highest BCUT2D eigenvalue weighted by molar-refractivity contribution is 8.00. The number of amides is 1. The van der Waals surface area contributed by atoms with E-state index in [-0.39, 0.29) is 16.8 Å². The number of benzene rings is 1. The molecule has 0 radical (unpaired) electrons. The Kier molecular flexibility index (Phi) is 6.43. The fourth-order valence-corrected chi connectivity index (χ4v) is 3.98. The second-order valence-electron chi connectivity index (χ2n) is 6.18. The molecular weight excluding hydrogens is 374 g/mol. The second kappa shape index (κ2) is 8.19. The highest BCUT2D eigenvalue weighted by Gasteiger charge is 2.21. The van der Waals surface area contributed by atoms with Crippen LogP contribution in [0.25, 0.3) is 0 Å². The van der Waals surface area contributed by atoms with Gasteiger partial charge in [-0.15, -0.1) is 10.2 Å². The van der Waals surface area contributed by atoms with Gasteiger partial charge in [0.15, 0.2) is 5.16 Å². The number of sulfonamides is 1. The third-order valence-electron chi connectivity index (χ3n) is 3.63. The first kappa shape index (κ1) is 20.4. The maximum absolute atomic E-state index is 12.5. The number of hydrogen-bond acceptors (Lipinski definition) is 6. The van der Waals surface area contributed by atoms with Gasteiger partial charge in [0, 0.05) is 25.8 Å². The van der Waals surface area contributed by atoms with Gasteiger partial charge in [-0.05, 0) is 39.0 Å². The Morgan fingerprint density at radius 1 is 1.27 bits per heavy atom. The SMILES string of the molecule is CC(C)n1cnnc1S[C@@H](C)C(=O)Nc1cccc(S(=O)(=O)N(C)C)c1. The predicted molar refractivity (Wildman–Crippen MR) is 102 cm³/mol. The molecule has 0 saturated heterocycles. The molecule has 2 aromatic rings. The molecule has 10 heteroatoms. The first-order valence-corrected chi connectivity index (χ1v) is 10.3. The van der Waals surface area contributed by atoms with Gasteiger partial charge in [0.05, 0.1) is 10.1 Å². The van der Waals surface area contributed by atoms with Crippen LogP contribution >= 0.6 is 11.8 Å². The van der Waals surface area contributed by atoms with Crippen LogP contribution < -0.4 is 5.32 Å². The van der Waals surface area contributed by atoms with Crippen molar-refractivity contribution in [3.05, 3.63) is 30.6 Å². The van der Waals surface area contributed by atoms with Gasteiger partial charge < -0.3 is 9.88 Å². The minimum absolute atomic E-state index is 0.125. The Labute approximate surface area is 158 Å². The van der Waals surface area contributed by atoms with E-state index in [1.165, 1.54) is 38.0 Å². The van der Waals surface area contributed by atoms with Crippen molar-refractivity contribution in [1.29, 1.82) is 0 Å². The Bertz CT molecular complexity index is 878. The van der Waals surface area contributed by atoms with Gasteiger partial charge in [0.25, 0.3) is 0 Å². The third-order valence-corrected chi connectivity index (χ3v) is 6.51. The van der Waals surface area contributed by atoms with E-state index in [1.54, 1.807) is 25.4 Å².